The van der Waals surface area contributed by atoms with Gasteiger partial charge in [-0.05, 0) is 26.2 Å². The minimum atomic E-state index is -0.360. The van der Waals surface area contributed by atoms with Crippen molar-refractivity contribution < 1.29 is 9.53 Å². The maximum absolute atomic E-state index is 11.5. The summed E-state index contributed by atoms with van der Waals surface area (Å²) in [6.07, 6.45) is 2.57. The second-order valence-corrected chi connectivity index (χ2v) is 4.86. The van der Waals surface area contributed by atoms with Crippen molar-refractivity contribution in [3.63, 3.8) is 0 Å². The van der Waals surface area contributed by atoms with E-state index in [0.717, 1.165) is 25.8 Å². The van der Waals surface area contributed by atoms with Gasteiger partial charge in [0, 0.05) is 13.1 Å². The molecule has 3 N–H and O–H groups in total. The molecule has 8 heteroatoms. The molecule has 1 aromatic rings. The predicted molar refractivity (Wildman–Crippen MR) is 79.3 cm³/mol. The summed E-state index contributed by atoms with van der Waals surface area (Å²) in [4.78, 5) is 26.2. The molecule has 1 aliphatic heterocycles. The van der Waals surface area contributed by atoms with Gasteiger partial charge in [0.15, 0.2) is 0 Å². The van der Waals surface area contributed by atoms with Crippen molar-refractivity contribution in [2.24, 2.45) is 5.73 Å². The number of carbonyl (C=O) groups excluding carboxylic acids is 1. The summed E-state index contributed by atoms with van der Waals surface area (Å²) >= 11 is 0. The van der Waals surface area contributed by atoms with Crippen LogP contribution in [0.3, 0.4) is 0 Å². The van der Waals surface area contributed by atoms with E-state index in [4.69, 9.17) is 10.5 Å². The lowest BCUT2D eigenvalue weighted by molar-refractivity contribution is -0.119. The first-order valence-electron chi connectivity index (χ1n) is 7.34. The number of primary amides is 1. The second kappa shape index (κ2) is 7.05. The lowest BCUT2D eigenvalue weighted by atomic mass is 10.2. The summed E-state index contributed by atoms with van der Waals surface area (Å²) < 4.78 is 5.38. The van der Waals surface area contributed by atoms with E-state index in [0.29, 0.717) is 25.0 Å². The lowest BCUT2D eigenvalue weighted by Crippen LogP contribution is -2.41. The number of nitrogens with zero attached hydrogens (tertiary/aromatic N) is 4. The first kappa shape index (κ1) is 15.3. The highest BCUT2D eigenvalue weighted by atomic mass is 16.5. The topological polar surface area (TPSA) is 106 Å². The maximum atomic E-state index is 11.5. The highest BCUT2D eigenvalue weighted by Crippen LogP contribution is 2.24. The van der Waals surface area contributed by atoms with E-state index in [9.17, 15) is 4.79 Å². The molecule has 1 amide bonds. The molecular weight excluding hydrogens is 272 g/mol. The highest BCUT2D eigenvalue weighted by Gasteiger charge is 2.31. The van der Waals surface area contributed by atoms with Gasteiger partial charge in [-0.25, -0.2) is 0 Å². The number of aromatic nitrogens is 3. The Kier molecular flexibility index (Phi) is 5.13. The van der Waals surface area contributed by atoms with Crippen LogP contribution in [0.25, 0.3) is 0 Å². The van der Waals surface area contributed by atoms with Crippen molar-refractivity contribution in [3.05, 3.63) is 0 Å². The van der Waals surface area contributed by atoms with Gasteiger partial charge in [0.05, 0.1) is 6.61 Å². The second-order valence-electron chi connectivity index (χ2n) is 4.86. The molecule has 1 unspecified atom stereocenters. The molecule has 1 aliphatic rings. The smallest absolute Gasteiger partial charge is 0.323 e. The fourth-order valence-electron chi connectivity index (χ4n) is 2.29. The molecule has 0 aromatic carbocycles. The van der Waals surface area contributed by atoms with E-state index in [1.165, 1.54) is 0 Å². The van der Waals surface area contributed by atoms with E-state index in [2.05, 4.69) is 27.2 Å². The lowest BCUT2D eigenvalue weighted by Gasteiger charge is -2.22. The molecule has 0 radical (unpaired) electrons. The Balaban J connectivity index is 2.27. The van der Waals surface area contributed by atoms with Crippen molar-refractivity contribution >= 4 is 17.8 Å². The van der Waals surface area contributed by atoms with E-state index < -0.39 is 0 Å². The monoisotopic (exact) mass is 294 g/mol. The van der Waals surface area contributed by atoms with Crippen LogP contribution >= 0.6 is 0 Å². The molecule has 2 heterocycles. The Bertz CT molecular complexity index is 496. The number of anilines is 2. The minimum absolute atomic E-state index is 0.260. The molecule has 116 valence electrons. The summed E-state index contributed by atoms with van der Waals surface area (Å²) in [6, 6.07) is -0.0999. The average molecular weight is 294 g/mol. The number of nitrogens with two attached hydrogens (primary N) is 1. The van der Waals surface area contributed by atoms with Crippen LogP contribution in [0, 0.1) is 0 Å². The SMILES string of the molecule is CCCNc1nc(OCC)nc(N2CCCC2C(N)=O)n1. The van der Waals surface area contributed by atoms with E-state index in [1.807, 2.05) is 11.8 Å². The Hall–Kier alpha value is -2.12. The molecule has 1 aromatic heterocycles. The molecule has 0 aliphatic carbocycles. The number of amides is 1. The fraction of sp³-hybridized carbons (Fsp3) is 0.692. The zero-order valence-corrected chi connectivity index (χ0v) is 12.5. The Morgan fingerprint density at radius 3 is 2.90 bits per heavy atom. The number of rotatable bonds is 7. The molecule has 1 fully saturated rings. The Labute approximate surface area is 124 Å². The quantitative estimate of drug-likeness (QED) is 0.756. The molecule has 1 atom stereocenters. The Morgan fingerprint density at radius 2 is 2.24 bits per heavy atom. The van der Waals surface area contributed by atoms with E-state index in [1.54, 1.807) is 0 Å². The third-order valence-electron chi connectivity index (χ3n) is 3.25. The number of ether oxygens (including phenoxy) is 1. The molecule has 0 spiro atoms. The van der Waals surface area contributed by atoms with Crippen LogP contribution in [0.2, 0.25) is 0 Å². The summed E-state index contributed by atoms with van der Waals surface area (Å²) in [5, 5.41) is 3.12. The largest absolute Gasteiger partial charge is 0.464 e. The zero-order chi connectivity index (χ0) is 15.2. The van der Waals surface area contributed by atoms with Gasteiger partial charge in [-0.1, -0.05) is 6.92 Å². The van der Waals surface area contributed by atoms with Crippen LogP contribution in [0.4, 0.5) is 11.9 Å². The summed E-state index contributed by atoms with van der Waals surface area (Å²) in [6.45, 7) is 5.85. The van der Waals surface area contributed by atoms with E-state index >= 15 is 0 Å². The first-order valence-corrected chi connectivity index (χ1v) is 7.34. The molecule has 0 bridgehead atoms. The van der Waals surface area contributed by atoms with Crippen LogP contribution in [0.1, 0.15) is 33.1 Å². The number of nitrogens with one attached hydrogen (secondary N) is 1. The molecule has 2 rings (SSSR count). The van der Waals surface area contributed by atoms with E-state index in [-0.39, 0.29) is 18.0 Å². The maximum Gasteiger partial charge on any atom is 0.323 e. The zero-order valence-electron chi connectivity index (χ0n) is 12.5. The molecule has 8 nitrogen and oxygen atoms in total. The molecule has 1 saturated heterocycles. The van der Waals surface area contributed by atoms with Crippen LogP contribution < -0.4 is 20.7 Å². The normalized spacial score (nSPS) is 17.8. The van der Waals surface area contributed by atoms with Crippen LogP contribution in [-0.4, -0.2) is 46.6 Å². The van der Waals surface area contributed by atoms with Gasteiger partial charge in [0.1, 0.15) is 6.04 Å². The number of hydrogen-bond acceptors (Lipinski definition) is 7. The number of hydrogen-bond donors (Lipinski definition) is 2. The van der Waals surface area contributed by atoms with Gasteiger partial charge < -0.3 is 20.7 Å². The third kappa shape index (κ3) is 3.71. The fourth-order valence-corrected chi connectivity index (χ4v) is 2.29. The first-order chi connectivity index (χ1) is 10.2. The minimum Gasteiger partial charge on any atom is -0.464 e. The van der Waals surface area contributed by atoms with Crippen molar-refractivity contribution in [1.82, 2.24) is 15.0 Å². The van der Waals surface area contributed by atoms with Crippen LogP contribution in [-0.2, 0) is 4.79 Å². The highest BCUT2D eigenvalue weighted by molar-refractivity contribution is 5.83. The van der Waals surface area contributed by atoms with Crippen LogP contribution in [0.5, 0.6) is 6.01 Å². The van der Waals surface area contributed by atoms with Gasteiger partial charge >= 0.3 is 6.01 Å². The van der Waals surface area contributed by atoms with Crippen molar-refractivity contribution in [1.29, 1.82) is 0 Å². The third-order valence-corrected chi connectivity index (χ3v) is 3.25. The molecule has 0 saturated carbocycles. The van der Waals surface area contributed by atoms with Crippen LogP contribution in [0.15, 0.2) is 0 Å². The van der Waals surface area contributed by atoms with Gasteiger partial charge in [0.2, 0.25) is 17.8 Å². The molecule has 21 heavy (non-hydrogen) atoms. The van der Waals surface area contributed by atoms with Gasteiger partial charge in [-0.3, -0.25) is 4.79 Å². The number of carbonyl (C=O) groups is 1. The Morgan fingerprint density at radius 1 is 1.43 bits per heavy atom. The van der Waals surface area contributed by atoms with Gasteiger partial charge in [-0.15, -0.1) is 0 Å². The molecular formula is C13H22N6O2. The van der Waals surface area contributed by atoms with Gasteiger partial charge in [-0.2, -0.15) is 15.0 Å². The predicted octanol–water partition coefficient (Wildman–Crippen LogP) is 0.546. The standard InChI is InChI=1S/C13H22N6O2/c1-3-7-15-11-16-12(18-13(17-11)21-4-2)19-8-5-6-9(19)10(14)20/h9H,3-8H2,1-2H3,(H2,14,20)(H,15,16,17,18). The van der Waals surface area contributed by atoms with Crippen molar-refractivity contribution in [3.8, 4) is 6.01 Å². The summed E-state index contributed by atoms with van der Waals surface area (Å²) in [5.41, 5.74) is 5.44. The van der Waals surface area contributed by atoms with Gasteiger partial charge in [0.25, 0.3) is 0 Å². The summed E-state index contributed by atoms with van der Waals surface area (Å²) in [5.74, 6) is 0.544. The average Bonchev–Trinajstić information content (AvgIpc) is 2.95. The summed E-state index contributed by atoms with van der Waals surface area (Å²) in [7, 11) is 0. The van der Waals surface area contributed by atoms with Crippen molar-refractivity contribution in [2.75, 3.05) is 29.9 Å². The van der Waals surface area contributed by atoms with Crippen molar-refractivity contribution in [2.45, 2.75) is 39.2 Å².